The van der Waals surface area contributed by atoms with Gasteiger partial charge in [0.1, 0.15) is 5.37 Å². The van der Waals surface area contributed by atoms with Crippen LogP contribution in [0, 0.1) is 0 Å². The van der Waals surface area contributed by atoms with Crippen LogP contribution in [0.4, 0.5) is 0 Å². The lowest BCUT2D eigenvalue weighted by Gasteiger charge is -2.41. The SMILES string of the molecule is CN[C@H]1CCSC2c3ccccc3CC(C)N2C1=O. The zero-order valence-corrected chi connectivity index (χ0v) is 12.2. The normalized spacial score (nSPS) is 30.5. The van der Waals surface area contributed by atoms with Crippen LogP contribution in [0.5, 0.6) is 0 Å². The number of hydrogen-bond donors (Lipinski definition) is 1. The number of hydrogen-bond acceptors (Lipinski definition) is 3. The van der Waals surface area contributed by atoms with E-state index in [1.807, 2.05) is 18.8 Å². The summed E-state index contributed by atoms with van der Waals surface area (Å²) in [6, 6.07) is 8.83. The van der Waals surface area contributed by atoms with Gasteiger partial charge in [-0.25, -0.2) is 0 Å². The van der Waals surface area contributed by atoms with Gasteiger partial charge in [0.25, 0.3) is 0 Å². The summed E-state index contributed by atoms with van der Waals surface area (Å²) in [6.07, 6.45) is 1.89. The van der Waals surface area contributed by atoms with Crippen LogP contribution in [-0.2, 0) is 11.2 Å². The van der Waals surface area contributed by atoms with Crippen LogP contribution in [0.1, 0.15) is 29.8 Å². The minimum absolute atomic E-state index is 0.0230. The van der Waals surface area contributed by atoms with Gasteiger partial charge >= 0.3 is 0 Å². The van der Waals surface area contributed by atoms with E-state index < -0.39 is 0 Å². The molecule has 1 N–H and O–H groups in total. The lowest BCUT2D eigenvalue weighted by molar-refractivity contribution is -0.136. The van der Waals surface area contributed by atoms with Crippen molar-refractivity contribution >= 4 is 17.7 Å². The number of amides is 1. The number of nitrogens with zero attached hydrogens (tertiary/aromatic N) is 1. The molecule has 3 atom stereocenters. The Bertz CT molecular complexity index is 491. The van der Waals surface area contributed by atoms with Crippen LogP contribution in [0.3, 0.4) is 0 Å². The summed E-state index contributed by atoms with van der Waals surface area (Å²) in [5, 5.41) is 3.37. The molecule has 2 aliphatic heterocycles. The van der Waals surface area contributed by atoms with Crippen molar-refractivity contribution in [2.75, 3.05) is 12.8 Å². The molecule has 0 aromatic heterocycles. The highest BCUT2D eigenvalue weighted by Gasteiger charge is 2.39. The molecule has 2 aliphatic rings. The summed E-state index contributed by atoms with van der Waals surface area (Å²) in [4.78, 5) is 14.8. The summed E-state index contributed by atoms with van der Waals surface area (Å²) < 4.78 is 0. The van der Waals surface area contributed by atoms with E-state index in [1.165, 1.54) is 11.1 Å². The van der Waals surface area contributed by atoms with Gasteiger partial charge in [-0.3, -0.25) is 4.79 Å². The van der Waals surface area contributed by atoms with Crippen LogP contribution in [0.15, 0.2) is 24.3 Å². The molecule has 2 unspecified atom stereocenters. The first-order valence-electron chi connectivity index (χ1n) is 6.91. The number of likely N-dealkylation sites (N-methyl/N-ethyl adjacent to an activating group) is 1. The molecule has 3 nitrogen and oxygen atoms in total. The quantitative estimate of drug-likeness (QED) is 0.853. The molecule has 102 valence electrons. The molecule has 4 heteroatoms. The number of nitrogens with one attached hydrogen (secondary N) is 1. The third kappa shape index (κ3) is 2.17. The molecule has 1 aromatic rings. The van der Waals surface area contributed by atoms with Gasteiger partial charge in [0.2, 0.25) is 5.91 Å². The first-order valence-corrected chi connectivity index (χ1v) is 7.96. The van der Waals surface area contributed by atoms with Crippen molar-refractivity contribution in [1.29, 1.82) is 0 Å². The van der Waals surface area contributed by atoms with Gasteiger partial charge in [-0.15, -0.1) is 11.8 Å². The second-order valence-electron chi connectivity index (χ2n) is 5.35. The van der Waals surface area contributed by atoms with E-state index in [1.54, 1.807) is 0 Å². The Morgan fingerprint density at radius 1 is 1.37 bits per heavy atom. The third-order valence-corrected chi connectivity index (χ3v) is 5.42. The summed E-state index contributed by atoms with van der Waals surface area (Å²) >= 11 is 1.90. The Labute approximate surface area is 118 Å². The number of rotatable bonds is 1. The molecular weight excluding hydrogens is 256 g/mol. The number of thioether (sulfide) groups is 1. The molecule has 1 aromatic carbocycles. The molecule has 1 amide bonds. The molecule has 3 rings (SSSR count). The maximum absolute atomic E-state index is 12.7. The first-order chi connectivity index (χ1) is 9.22. The largest absolute Gasteiger partial charge is 0.322 e. The summed E-state index contributed by atoms with van der Waals surface area (Å²) in [6.45, 7) is 2.17. The van der Waals surface area contributed by atoms with Crippen molar-refractivity contribution in [1.82, 2.24) is 10.2 Å². The summed E-state index contributed by atoms with van der Waals surface area (Å²) in [7, 11) is 1.89. The van der Waals surface area contributed by atoms with Crippen LogP contribution < -0.4 is 5.32 Å². The Kier molecular flexibility index (Phi) is 3.54. The van der Waals surface area contributed by atoms with Crippen molar-refractivity contribution in [3.8, 4) is 0 Å². The average Bonchev–Trinajstić information content (AvgIpc) is 2.58. The van der Waals surface area contributed by atoms with Gasteiger partial charge in [0.15, 0.2) is 0 Å². The lowest BCUT2D eigenvalue weighted by Crippen LogP contribution is -2.50. The third-order valence-electron chi connectivity index (χ3n) is 4.15. The predicted octanol–water partition coefficient (Wildman–Crippen LogP) is 2.18. The van der Waals surface area contributed by atoms with Crippen LogP contribution in [0.2, 0.25) is 0 Å². The van der Waals surface area contributed by atoms with Gasteiger partial charge in [0.05, 0.1) is 6.04 Å². The smallest absolute Gasteiger partial charge is 0.241 e. The molecule has 0 bridgehead atoms. The van der Waals surface area contributed by atoms with E-state index >= 15 is 0 Å². The molecule has 1 saturated heterocycles. The fraction of sp³-hybridized carbons (Fsp3) is 0.533. The molecule has 0 radical (unpaired) electrons. The second-order valence-corrected chi connectivity index (χ2v) is 6.54. The fourth-order valence-corrected chi connectivity index (χ4v) is 4.61. The topological polar surface area (TPSA) is 32.3 Å². The van der Waals surface area contributed by atoms with Crippen molar-refractivity contribution in [3.05, 3.63) is 35.4 Å². The molecule has 0 saturated carbocycles. The Hall–Kier alpha value is -1.00. The number of carbonyl (C=O) groups excluding carboxylic acids is 1. The Morgan fingerprint density at radius 2 is 2.16 bits per heavy atom. The van der Waals surface area contributed by atoms with E-state index in [0.717, 1.165) is 18.6 Å². The summed E-state index contributed by atoms with van der Waals surface area (Å²) in [5.74, 6) is 1.29. The first kappa shape index (κ1) is 13.0. The predicted molar refractivity (Wildman–Crippen MR) is 79.1 cm³/mol. The highest BCUT2D eigenvalue weighted by molar-refractivity contribution is 7.99. The number of fused-ring (bicyclic) bond motifs is 3. The van der Waals surface area contributed by atoms with E-state index in [0.29, 0.717) is 0 Å². The van der Waals surface area contributed by atoms with E-state index in [4.69, 9.17) is 0 Å². The Balaban J connectivity index is 2.01. The number of carbonyl (C=O) groups is 1. The summed E-state index contributed by atoms with van der Waals surface area (Å²) in [5.41, 5.74) is 2.73. The van der Waals surface area contributed by atoms with Crippen molar-refractivity contribution in [2.45, 2.75) is 37.2 Å². The van der Waals surface area contributed by atoms with Crippen LogP contribution in [-0.4, -0.2) is 35.7 Å². The van der Waals surface area contributed by atoms with Crippen LogP contribution >= 0.6 is 11.8 Å². The van der Waals surface area contributed by atoms with Gasteiger partial charge in [-0.05, 0) is 43.7 Å². The monoisotopic (exact) mass is 276 g/mol. The molecule has 19 heavy (non-hydrogen) atoms. The maximum Gasteiger partial charge on any atom is 0.241 e. The minimum Gasteiger partial charge on any atom is -0.322 e. The highest BCUT2D eigenvalue weighted by Crippen LogP contribution is 2.42. The molecular formula is C15H20N2OS. The zero-order chi connectivity index (χ0) is 13.4. The fourth-order valence-electron chi connectivity index (χ4n) is 3.13. The van der Waals surface area contributed by atoms with E-state index in [9.17, 15) is 4.79 Å². The van der Waals surface area contributed by atoms with Crippen LogP contribution in [0.25, 0.3) is 0 Å². The standard InChI is InChI=1S/C15H20N2OS/c1-10-9-11-5-3-4-6-12(11)15-17(10)14(18)13(16-2)7-8-19-15/h3-6,10,13,15-16H,7-9H2,1-2H3/t10?,13-,15?/m0/s1. The minimum atomic E-state index is -0.0230. The maximum atomic E-state index is 12.7. The highest BCUT2D eigenvalue weighted by atomic mass is 32.2. The molecule has 1 fully saturated rings. The van der Waals surface area contributed by atoms with Gasteiger partial charge in [0, 0.05) is 6.04 Å². The van der Waals surface area contributed by atoms with Crippen molar-refractivity contribution in [3.63, 3.8) is 0 Å². The van der Waals surface area contributed by atoms with E-state index in [-0.39, 0.29) is 23.4 Å². The van der Waals surface area contributed by atoms with Gasteiger partial charge in [-0.2, -0.15) is 0 Å². The van der Waals surface area contributed by atoms with Crippen molar-refractivity contribution in [2.24, 2.45) is 0 Å². The number of benzene rings is 1. The van der Waals surface area contributed by atoms with E-state index in [2.05, 4.69) is 41.4 Å². The molecule has 2 heterocycles. The van der Waals surface area contributed by atoms with Gasteiger partial charge < -0.3 is 10.2 Å². The molecule has 0 aliphatic carbocycles. The Morgan fingerprint density at radius 3 is 2.95 bits per heavy atom. The van der Waals surface area contributed by atoms with Gasteiger partial charge in [-0.1, -0.05) is 24.3 Å². The lowest BCUT2D eigenvalue weighted by atomic mass is 9.94. The average molecular weight is 276 g/mol. The second kappa shape index (κ2) is 5.17. The zero-order valence-electron chi connectivity index (χ0n) is 11.4. The molecule has 0 spiro atoms. The van der Waals surface area contributed by atoms with Crippen molar-refractivity contribution < 1.29 is 4.79 Å².